The molecule has 1 heterocycles. The van der Waals surface area contributed by atoms with Crippen molar-refractivity contribution in [3.8, 4) is 0 Å². The predicted molar refractivity (Wildman–Crippen MR) is 82.0 cm³/mol. The first kappa shape index (κ1) is 14.4. The minimum absolute atomic E-state index is 0.410. The Morgan fingerprint density at radius 1 is 1.32 bits per heavy atom. The van der Waals surface area contributed by atoms with Gasteiger partial charge in [-0.25, -0.2) is 4.98 Å². The number of fused-ring (bicyclic) bond motifs is 1. The molecule has 1 aromatic carbocycles. The molecule has 0 amide bonds. The number of aromatic nitrogens is 2. The Labute approximate surface area is 120 Å². The third-order valence-electron chi connectivity index (χ3n) is 3.19. The van der Waals surface area contributed by atoms with E-state index in [9.17, 15) is 0 Å². The largest absolute Gasteiger partial charge is 0.325 e. The lowest BCUT2D eigenvalue weighted by atomic mass is 10.3. The zero-order chi connectivity index (χ0) is 13.8. The second-order valence-electron chi connectivity index (χ2n) is 5.12. The Balaban J connectivity index is 2.28. The summed E-state index contributed by atoms with van der Waals surface area (Å²) in [5.74, 6) is 1.14. The predicted octanol–water partition coefficient (Wildman–Crippen LogP) is 3.81. The van der Waals surface area contributed by atoms with Crippen LogP contribution in [0.4, 0.5) is 0 Å². The summed E-state index contributed by atoms with van der Waals surface area (Å²) in [6, 6.07) is 6.35. The van der Waals surface area contributed by atoms with Crippen molar-refractivity contribution in [2.45, 2.75) is 39.7 Å². The molecule has 0 spiro atoms. The van der Waals surface area contributed by atoms with E-state index in [0.29, 0.717) is 6.04 Å². The molecular weight excluding hydrogens is 258 g/mol. The maximum absolute atomic E-state index is 6.04. The highest BCUT2D eigenvalue weighted by Crippen LogP contribution is 2.24. The fourth-order valence-corrected chi connectivity index (χ4v) is 2.54. The second kappa shape index (κ2) is 6.40. The van der Waals surface area contributed by atoms with Crippen molar-refractivity contribution in [1.82, 2.24) is 14.9 Å². The van der Waals surface area contributed by atoms with Gasteiger partial charge in [0.1, 0.15) is 5.82 Å². The van der Waals surface area contributed by atoms with E-state index in [0.717, 1.165) is 42.3 Å². The smallest absolute Gasteiger partial charge is 0.111 e. The molecule has 0 aliphatic carbocycles. The molecule has 0 saturated heterocycles. The summed E-state index contributed by atoms with van der Waals surface area (Å²) in [6.45, 7) is 8.60. The zero-order valence-corrected chi connectivity index (χ0v) is 12.7. The van der Waals surface area contributed by atoms with Crippen LogP contribution in [0.3, 0.4) is 0 Å². The summed E-state index contributed by atoms with van der Waals surface area (Å²) in [5, 5.41) is 4.17. The summed E-state index contributed by atoms with van der Waals surface area (Å²) >= 11 is 6.04. The molecule has 0 fully saturated rings. The van der Waals surface area contributed by atoms with Crippen LogP contribution < -0.4 is 5.32 Å². The van der Waals surface area contributed by atoms with Crippen LogP contribution in [0.15, 0.2) is 18.2 Å². The van der Waals surface area contributed by atoms with Crippen molar-refractivity contribution in [1.29, 1.82) is 0 Å². The topological polar surface area (TPSA) is 29.9 Å². The lowest BCUT2D eigenvalue weighted by Crippen LogP contribution is -2.20. The number of hydrogen-bond donors (Lipinski definition) is 1. The summed E-state index contributed by atoms with van der Waals surface area (Å²) in [6.07, 6.45) is 2.11. The maximum Gasteiger partial charge on any atom is 0.111 e. The molecule has 2 aromatic rings. The monoisotopic (exact) mass is 279 g/mol. The van der Waals surface area contributed by atoms with E-state index in [-0.39, 0.29) is 0 Å². The quantitative estimate of drug-likeness (QED) is 0.815. The van der Waals surface area contributed by atoms with Gasteiger partial charge in [0.05, 0.1) is 11.0 Å². The maximum atomic E-state index is 6.04. The molecule has 3 nitrogen and oxygen atoms in total. The van der Waals surface area contributed by atoms with Crippen LogP contribution in [-0.2, 0) is 6.42 Å². The Morgan fingerprint density at radius 2 is 2.11 bits per heavy atom. The number of nitrogens with one attached hydrogen (secondary N) is 1. The first-order chi connectivity index (χ1) is 9.13. The Hall–Kier alpha value is -1.06. The summed E-state index contributed by atoms with van der Waals surface area (Å²) < 4.78 is 2.30. The number of halogens is 1. The van der Waals surface area contributed by atoms with Crippen molar-refractivity contribution < 1.29 is 0 Å². The van der Waals surface area contributed by atoms with Crippen molar-refractivity contribution in [2.24, 2.45) is 0 Å². The van der Waals surface area contributed by atoms with Gasteiger partial charge in [-0.2, -0.15) is 0 Å². The highest BCUT2D eigenvalue weighted by molar-refractivity contribution is 6.31. The van der Waals surface area contributed by atoms with E-state index < -0.39 is 0 Å². The number of benzene rings is 1. The number of hydrogen-bond acceptors (Lipinski definition) is 2. The molecule has 0 bridgehead atoms. The minimum atomic E-state index is 0.410. The molecule has 0 unspecified atom stereocenters. The van der Waals surface area contributed by atoms with Gasteiger partial charge in [-0.15, -0.1) is 0 Å². The lowest BCUT2D eigenvalue weighted by molar-refractivity contribution is 0.568. The van der Waals surface area contributed by atoms with Crippen LogP contribution in [0.5, 0.6) is 0 Å². The van der Waals surface area contributed by atoms with Gasteiger partial charge in [0, 0.05) is 24.0 Å². The van der Waals surface area contributed by atoms with E-state index in [4.69, 9.17) is 16.6 Å². The van der Waals surface area contributed by atoms with Crippen molar-refractivity contribution >= 4 is 22.6 Å². The van der Waals surface area contributed by atoms with Gasteiger partial charge in [-0.05, 0) is 45.0 Å². The number of imidazole rings is 1. The molecule has 1 N–H and O–H groups in total. The van der Waals surface area contributed by atoms with E-state index >= 15 is 0 Å². The summed E-state index contributed by atoms with van der Waals surface area (Å²) in [4.78, 5) is 4.73. The van der Waals surface area contributed by atoms with Gasteiger partial charge >= 0.3 is 0 Å². The van der Waals surface area contributed by atoms with E-state index in [1.165, 1.54) is 5.52 Å². The molecule has 4 heteroatoms. The third-order valence-corrected chi connectivity index (χ3v) is 3.43. The Morgan fingerprint density at radius 3 is 2.79 bits per heavy atom. The van der Waals surface area contributed by atoms with Crippen molar-refractivity contribution in [2.75, 3.05) is 13.1 Å². The molecule has 0 atom stereocenters. The van der Waals surface area contributed by atoms with Crippen molar-refractivity contribution in [3.05, 3.63) is 29.0 Å². The van der Waals surface area contributed by atoms with E-state index in [1.807, 2.05) is 12.1 Å². The van der Waals surface area contributed by atoms with Crippen LogP contribution in [0.2, 0.25) is 5.02 Å². The first-order valence-corrected chi connectivity index (χ1v) is 7.38. The number of rotatable bonds is 6. The van der Waals surface area contributed by atoms with Gasteiger partial charge in [0.15, 0.2) is 0 Å². The SMILES string of the molecule is CCCNCCc1nc2cc(Cl)ccc2n1C(C)C. The van der Waals surface area contributed by atoms with Gasteiger partial charge in [-0.3, -0.25) is 0 Å². The van der Waals surface area contributed by atoms with Gasteiger partial charge in [-0.1, -0.05) is 18.5 Å². The van der Waals surface area contributed by atoms with Gasteiger partial charge in [0.2, 0.25) is 0 Å². The minimum Gasteiger partial charge on any atom is -0.325 e. The first-order valence-electron chi connectivity index (χ1n) is 7.00. The highest BCUT2D eigenvalue weighted by atomic mass is 35.5. The standard InChI is InChI=1S/C15H22ClN3/c1-4-8-17-9-7-15-18-13-10-12(16)5-6-14(13)19(15)11(2)3/h5-6,10-11,17H,4,7-9H2,1-3H3. The van der Waals surface area contributed by atoms with Crippen LogP contribution in [0.1, 0.15) is 39.1 Å². The van der Waals surface area contributed by atoms with Crippen LogP contribution in [0, 0.1) is 0 Å². The summed E-state index contributed by atoms with van der Waals surface area (Å²) in [5.41, 5.74) is 2.16. The molecule has 0 aliphatic heterocycles. The number of nitrogens with zero attached hydrogens (tertiary/aromatic N) is 2. The Bertz CT molecular complexity index is 546. The van der Waals surface area contributed by atoms with Crippen molar-refractivity contribution in [3.63, 3.8) is 0 Å². The van der Waals surface area contributed by atoms with Gasteiger partial charge in [0.25, 0.3) is 0 Å². The van der Waals surface area contributed by atoms with E-state index in [2.05, 4.69) is 36.7 Å². The molecule has 2 rings (SSSR count). The lowest BCUT2D eigenvalue weighted by Gasteiger charge is -2.13. The second-order valence-corrected chi connectivity index (χ2v) is 5.56. The van der Waals surface area contributed by atoms with E-state index in [1.54, 1.807) is 0 Å². The molecule has 0 aliphatic rings. The fraction of sp³-hybridized carbons (Fsp3) is 0.533. The average Bonchev–Trinajstić information content (AvgIpc) is 2.72. The normalized spacial score (nSPS) is 11.6. The third kappa shape index (κ3) is 3.28. The molecule has 0 saturated carbocycles. The molecule has 19 heavy (non-hydrogen) atoms. The van der Waals surface area contributed by atoms with Crippen LogP contribution in [0.25, 0.3) is 11.0 Å². The van der Waals surface area contributed by atoms with Crippen LogP contribution in [-0.4, -0.2) is 22.6 Å². The zero-order valence-electron chi connectivity index (χ0n) is 11.9. The Kier molecular flexibility index (Phi) is 4.83. The summed E-state index contributed by atoms with van der Waals surface area (Å²) in [7, 11) is 0. The molecule has 1 aromatic heterocycles. The molecular formula is C15H22ClN3. The molecule has 0 radical (unpaired) electrons. The average molecular weight is 280 g/mol. The fourth-order valence-electron chi connectivity index (χ4n) is 2.38. The molecule has 104 valence electrons. The highest BCUT2D eigenvalue weighted by Gasteiger charge is 2.12. The van der Waals surface area contributed by atoms with Crippen LogP contribution >= 0.6 is 11.6 Å². The van der Waals surface area contributed by atoms with Gasteiger partial charge < -0.3 is 9.88 Å².